The smallest absolute Gasteiger partial charge is 0.330 e. The van der Waals surface area contributed by atoms with E-state index in [4.69, 9.17) is 25.8 Å². The second-order valence-corrected chi connectivity index (χ2v) is 8.75. The van der Waals surface area contributed by atoms with Crippen molar-refractivity contribution in [3.63, 3.8) is 0 Å². The summed E-state index contributed by atoms with van der Waals surface area (Å²) in [6.07, 6.45) is -2.82. The Morgan fingerprint density at radius 3 is 2.77 bits per heavy atom. The van der Waals surface area contributed by atoms with Crippen LogP contribution in [0, 0.1) is 0 Å². The van der Waals surface area contributed by atoms with Crippen molar-refractivity contribution in [1.82, 2.24) is 9.55 Å². The first kappa shape index (κ1) is 17.5. The Morgan fingerprint density at radius 1 is 1.55 bits per heavy atom. The van der Waals surface area contributed by atoms with Crippen LogP contribution in [0.15, 0.2) is 21.9 Å². The van der Waals surface area contributed by atoms with Crippen LogP contribution in [0.1, 0.15) is 6.23 Å². The molecule has 0 saturated carbocycles. The number of aromatic amines is 1. The summed E-state index contributed by atoms with van der Waals surface area (Å²) >= 11 is 4.83. The first-order chi connectivity index (χ1) is 10.2. The maximum Gasteiger partial charge on any atom is 0.330 e. The molecule has 124 valence electrons. The molecule has 0 aliphatic carbocycles. The van der Waals surface area contributed by atoms with Gasteiger partial charge in [0.25, 0.3) is 5.56 Å². The van der Waals surface area contributed by atoms with Crippen LogP contribution < -0.4 is 11.2 Å². The fourth-order valence-corrected chi connectivity index (χ4v) is 3.24. The number of aromatic nitrogens is 2. The van der Waals surface area contributed by atoms with Crippen molar-refractivity contribution in [2.45, 2.75) is 24.5 Å². The second kappa shape index (κ2) is 6.71. The average molecular weight is 352 g/mol. The number of nitrogens with one attached hydrogen (secondary N) is 1. The summed E-state index contributed by atoms with van der Waals surface area (Å²) in [5.41, 5.74) is -1.29. The lowest BCUT2D eigenvalue weighted by atomic mass is 10.1. The summed E-state index contributed by atoms with van der Waals surface area (Å²) in [7, 11) is 1.44. The number of aliphatic hydroxyl groups excluding tert-OH is 1. The molecule has 22 heavy (non-hydrogen) atoms. The zero-order valence-corrected chi connectivity index (χ0v) is 13.6. The first-order valence-corrected chi connectivity index (χ1v) is 9.47. The van der Waals surface area contributed by atoms with Gasteiger partial charge in [0.1, 0.15) is 18.3 Å². The predicted molar refractivity (Wildman–Crippen MR) is 80.4 cm³/mol. The monoisotopic (exact) mass is 352 g/mol. The largest absolute Gasteiger partial charge is 0.386 e. The molecule has 3 N–H and O–H groups in total. The lowest BCUT2D eigenvalue weighted by Gasteiger charge is -2.23. The van der Waals surface area contributed by atoms with E-state index >= 15 is 0 Å². The predicted octanol–water partition coefficient (Wildman–Crippen LogP) is -1.24. The molecule has 1 aliphatic rings. The van der Waals surface area contributed by atoms with E-state index in [1.165, 1.54) is 20.0 Å². The average Bonchev–Trinajstić information content (AvgIpc) is 2.67. The Kier molecular flexibility index (Phi) is 5.33. The fourth-order valence-electron chi connectivity index (χ4n) is 2.23. The van der Waals surface area contributed by atoms with E-state index in [-0.39, 0.29) is 6.61 Å². The molecule has 1 aromatic rings. The van der Waals surface area contributed by atoms with Gasteiger partial charge in [0.05, 0.1) is 6.61 Å². The molecule has 1 fully saturated rings. The molecule has 2 heterocycles. The Hall–Kier alpha value is -0.870. The van der Waals surface area contributed by atoms with Gasteiger partial charge in [-0.3, -0.25) is 14.3 Å². The third-order valence-electron chi connectivity index (χ3n) is 3.08. The van der Waals surface area contributed by atoms with E-state index in [9.17, 15) is 19.6 Å². The first-order valence-electron chi connectivity index (χ1n) is 6.35. The topological polar surface area (TPSA) is 123 Å². The summed E-state index contributed by atoms with van der Waals surface area (Å²) < 4.78 is 16.9. The van der Waals surface area contributed by atoms with Crippen LogP contribution in [0.5, 0.6) is 0 Å². The molecule has 5 unspecified atom stereocenters. The third-order valence-corrected chi connectivity index (χ3v) is 3.98. The van der Waals surface area contributed by atoms with Crippen molar-refractivity contribution in [3.8, 4) is 0 Å². The number of methoxy groups -OCH3 is 1. The Morgan fingerprint density at radius 2 is 2.23 bits per heavy atom. The molecule has 11 heteroatoms. The number of nitrogens with zero attached hydrogens (tertiary/aromatic N) is 1. The van der Waals surface area contributed by atoms with Crippen molar-refractivity contribution < 1.29 is 24.0 Å². The maximum atomic E-state index is 11.8. The second-order valence-electron chi connectivity index (χ2n) is 4.90. The van der Waals surface area contributed by atoms with Crippen molar-refractivity contribution in [2.24, 2.45) is 0 Å². The summed E-state index contributed by atoms with van der Waals surface area (Å²) in [5.74, 6) is 0. The number of ether oxygens (including phenoxy) is 2. The van der Waals surface area contributed by atoms with Crippen LogP contribution in [0.2, 0.25) is 0 Å². The molecule has 1 aromatic heterocycles. The molecule has 0 amide bonds. The molecule has 0 radical (unpaired) electrons. The molecule has 0 aromatic carbocycles. The highest BCUT2D eigenvalue weighted by atomic mass is 32.5. The van der Waals surface area contributed by atoms with Crippen LogP contribution in [0.25, 0.3) is 0 Å². The molecule has 1 aliphatic heterocycles. The fraction of sp³-hybridized carbons (Fsp3) is 0.636. The molecule has 0 spiro atoms. The van der Waals surface area contributed by atoms with E-state index in [0.29, 0.717) is 0 Å². The van der Waals surface area contributed by atoms with Gasteiger partial charge < -0.3 is 24.0 Å². The summed E-state index contributed by atoms with van der Waals surface area (Å²) in [6.45, 7) is -1.64. The van der Waals surface area contributed by atoms with Crippen LogP contribution in [0.4, 0.5) is 0 Å². The van der Waals surface area contributed by atoms with Gasteiger partial charge in [-0.15, -0.1) is 0 Å². The van der Waals surface area contributed by atoms with Crippen molar-refractivity contribution in [1.29, 1.82) is 0 Å². The molecule has 9 nitrogen and oxygen atoms in total. The number of aliphatic hydroxyl groups is 1. The third kappa shape index (κ3) is 3.90. The molecular formula is C11H17N2O7PS. The Labute approximate surface area is 130 Å². The zero-order chi connectivity index (χ0) is 16.5. The lowest BCUT2D eigenvalue weighted by Crippen LogP contribution is -2.38. The highest BCUT2D eigenvalue weighted by Crippen LogP contribution is 2.44. The van der Waals surface area contributed by atoms with Gasteiger partial charge in [0.15, 0.2) is 12.7 Å². The molecule has 5 atom stereocenters. The highest BCUT2D eigenvalue weighted by molar-refractivity contribution is 8.09. The lowest BCUT2D eigenvalue weighted by molar-refractivity contribution is -0.0605. The summed E-state index contributed by atoms with van der Waals surface area (Å²) in [4.78, 5) is 34.7. The highest BCUT2D eigenvalue weighted by Gasteiger charge is 2.47. The SMILES string of the molecule is COCC1OC(n2ccc(=O)[nH]c2=O)C(O)C1OP(C)(O)=S. The minimum absolute atomic E-state index is 0.0751. The normalized spacial score (nSPS) is 31.1. The van der Waals surface area contributed by atoms with E-state index < -0.39 is 42.3 Å². The zero-order valence-electron chi connectivity index (χ0n) is 11.9. The van der Waals surface area contributed by atoms with Crippen molar-refractivity contribution in [2.75, 3.05) is 20.4 Å². The van der Waals surface area contributed by atoms with Gasteiger partial charge in [-0.2, -0.15) is 0 Å². The van der Waals surface area contributed by atoms with E-state index in [2.05, 4.69) is 4.98 Å². The summed E-state index contributed by atoms with van der Waals surface area (Å²) in [6, 6.07) is 1.13. The summed E-state index contributed by atoms with van der Waals surface area (Å²) in [5, 5.41) is 10.4. The standard InChI is InChI=1S/C11H17N2O7PS/c1-18-5-6-9(20-21(2,17)22)8(15)10(19-6)13-4-3-7(14)12-11(13)16/h3-4,6,8-10,15H,5H2,1-2H3,(H,17,22)(H,12,14,16). The molecular weight excluding hydrogens is 335 g/mol. The van der Waals surface area contributed by atoms with Gasteiger partial charge in [-0.1, -0.05) is 0 Å². The van der Waals surface area contributed by atoms with Gasteiger partial charge in [0, 0.05) is 26.0 Å². The number of hydrogen-bond donors (Lipinski definition) is 3. The quantitative estimate of drug-likeness (QED) is 0.562. The maximum absolute atomic E-state index is 11.8. The van der Waals surface area contributed by atoms with Gasteiger partial charge in [0.2, 0.25) is 0 Å². The van der Waals surface area contributed by atoms with Crippen molar-refractivity contribution >= 4 is 18.3 Å². The Balaban J connectivity index is 2.32. The molecule has 1 saturated heterocycles. The molecule has 2 rings (SSSR count). The number of H-pyrrole nitrogens is 1. The van der Waals surface area contributed by atoms with Gasteiger partial charge in [-0.25, -0.2) is 4.79 Å². The Bertz CT molecular complexity index is 684. The minimum Gasteiger partial charge on any atom is -0.386 e. The number of hydrogen-bond acceptors (Lipinski definition) is 7. The van der Waals surface area contributed by atoms with E-state index in [0.717, 1.165) is 10.6 Å². The minimum atomic E-state index is -3.06. The van der Waals surface area contributed by atoms with Gasteiger partial charge in [-0.05, 0) is 11.8 Å². The number of rotatable bonds is 5. The van der Waals surface area contributed by atoms with Crippen molar-refractivity contribution in [3.05, 3.63) is 33.1 Å². The van der Waals surface area contributed by atoms with Gasteiger partial charge >= 0.3 is 5.69 Å². The van der Waals surface area contributed by atoms with Crippen LogP contribution >= 0.6 is 6.49 Å². The van der Waals surface area contributed by atoms with Crippen LogP contribution in [-0.2, 0) is 25.8 Å². The van der Waals surface area contributed by atoms with Crippen LogP contribution in [0.3, 0.4) is 0 Å². The van der Waals surface area contributed by atoms with E-state index in [1.54, 1.807) is 0 Å². The van der Waals surface area contributed by atoms with E-state index in [1.807, 2.05) is 0 Å². The molecule has 0 bridgehead atoms. The van der Waals surface area contributed by atoms with Crippen LogP contribution in [-0.4, -0.2) is 58.2 Å².